The minimum atomic E-state index is 0.755. The van der Waals surface area contributed by atoms with Crippen molar-refractivity contribution in [1.82, 2.24) is 0 Å². The monoisotopic (exact) mass is 628 g/mol. The van der Waals surface area contributed by atoms with Crippen LogP contribution in [-0.4, -0.2) is 13.2 Å². The molecule has 6 rings (SSSR count). The van der Waals surface area contributed by atoms with Gasteiger partial charge in [0.2, 0.25) is 0 Å². The van der Waals surface area contributed by atoms with Gasteiger partial charge in [-0.3, -0.25) is 0 Å². The summed E-state index contributed by atoms with van der Waals surface area (Å²) in [7, 11) is 0. The van der Waals surface area contributed by atoms with Crippen molar-refractivity contribution in [1.29, 1.82) is 0 Å². The molecule has 0 aliphatic carbocycles. The molecule has 0 atom stereocenters. The largest absolute Gasteiger partial charge is 0.494 e. The third-order valence-electron chi connectivity index (χ3n) is 7.67. The van der Waals surface area contributed by atoms with Crippen LogP contribution in [0, 0.1) is 0 Å². The van der Waals surface area contributed by atoms with E-state index in [-0.39, 0.29) is 0 Å². The van der Waals surface area contributed by atoms with Gasteiger partial charge in [-0.1, -0.05) is 159 Å². The molecule has 0 saturated carbocycles. The van der Waals surface area contributed by atoms with Crippen LogP contribution >= 0.6 is 0 Å². The first-order valence-electron chi connectivity index (χ1n) is 16.8. The van der Waals surface area contributed by atoms with Crippen molar-refractivity contribution in [3.05, 3.63) is 203 Å². The van der Waals surface area contributed by atoms with Crippen molar-refractivity contribution in [2.75, 3.05) is 13.2 Å². The summed E-state index contributed by atoms with van der Waals surface area (Å²) in [6, 6.07) is 58.6. The molecule has 0 aliphatic rings. The molecule has 2 heteroatoms. The summed E-state index contributed by atoms with van der Waals surface area (Å²) in [5.41, 5.74) is 9.62. The van der Waals surface area contributed by atoms with E-state index in [0.29, 0.717) is 0 Å². The molecule has 0 aromatic heterocycles. The smallest absolute Gasteiger partial charge is 0.119 e. The SMILES string of the molecule is CCCOc1ccc(/C(=C/c2ccccc2)c2ccccc2)cc1.CCCOc1ccc(/C(=C\c2ccccc2)c2ccccc2)cc1. The zero-order valence-electron chi connectivity index (χ0n) is 28.0. The van der Waals surface area contributed by atoms with E-state index in [4.69, 9.17) is 9.47 Å². The average Bonchev–Trinajstić information content (AvgIpc) is 3.17. The van der Waals surface area contributed by atoms with Gasteiger partial charge in [0.1, 0.15) is 11.5 Å². The maximum Gasteiger partial charge on any atom is 0.119 e. The van der Waals surface area contributed by atoms with Gasteiger partial charge in [-0.05, 0) is 93.8 Å². The molecule has 0 spiro atoms. The van der Waals surface area contributed by atoms with E-state index in [0.717, 1.165) is 37.6 Å². The molecule has 0 amide bonds. The normalized spacial score (nSPS) is 11.3. The molecule has 0 aliphatic heterocycles. The van der Waals surface area contributed by atoms with Crippen LogP contribution in [0.15, 0.2) is 170 Å². The number of hydrogen-bond acceptors (Lipinski definition) is 2. The second kappa shape index (κ2) is 18.5. The fraction of sp³-hybridized carbons (Fsp3) is 0.130. The highest BCUT2D eigenvalue weighted by molar-refractivity contribution is 5.92. The molecule has 6 aromatic carbocycles. The van der Waals surface area contributed by atoms with Crippen LogP contribution in [0.3, 0.4) is 0 Å². The maximum atomic E-state index is 5.69. The highest BCUT2D eigenvalue weighted by atomic mass is 16.5. The Kier molecular flexibility index (Phi) is 13.0. The molecule has 0 radical (unpaired) electrons. The molecule has 0 N–H and O–H groups in total. The summed E-state index contributed by atoms with van der Waals surface area (Å²) in [4.78, 5) is 0. The average molecular weight is 629 g/mol. The van der Waals surface area contributed by atoms with Gasteiger partial charge < -0.3 is 9.47 Å². The first-order chi connectivity index (χ1) is 23.7. The van der Waals surface area contributed by atoms with Gasteiger partial charge in [-0.15, -0.1) is 0 Å². The van der Waals surface area contributed by atoms with Gasteiger partial charge in [0.15, 0.2) is 0 Å². The van der Waals surface area contributed by atoms with E-state index in [2.05, 4.69) is 147 Å². The first kappa shape index (κ1) is 33.8. The lowest BCUT2D eigenvalue weighted by Gasteiger charge is -2.11. The Labute approximate surface area is 286 Å². The van der Waals surface area contributed by atoms with E-state index < -0.39 is 0 Å². The molecule has 0 fully saturated rings. The van der Waals surface area contributed by atoms with Gasteiger partial charge in [0.05, 0.1) is 13.2 Å². The van der Waals surface area contributed by atoms with Crippen molar-refractivity contribution >= 4 is 23.3 Å². The number of rotatable bonds is 12. The topological polar surface area (TPSA) is 18.5 Å². The van der Waals surface area contributed by atoms with Gasteiger partial charge in [0.25, 0.3) is 0 Å². The van der Waals surface area contributed by atoms with Crippen LogP contribution in [-0.2, 0) is 0 Å². The van der Waals surface area contributed by atoms with Crippen molar-refractivity contribution in [2.24, 2.45) is 0 Å². The van der Waals surface area contributed by atoms with Crippen molar-refractivity contribution in [3.63, 3.8) is 0 Å². The van der Waals surface area contributed by atoms with E-state index in [9.17, 15) is 0 Å². The molecule has 0 heterocycles. The molecule has 6 aromatic rings. The molecular formula is C46H44O2. The van der Waals surface area contributed by atoms with E-state index in [1.807, 2.05) is 48.5 Å². The number of hydrogen-bond donors (Lipinski definition) is 0. The maximum absolute atomic E-state index is 5.69. The highest BCUT2D eigenvalue weighted by Gasteiger charge is 2.07. The van der Waals surface area contributed by atoms with Crippen molar-refractivity contribution < 1.29 is 9.47 Å². The van der Waals surface area contributed by atoms with E-state index >= 15 is 0 Å². The zero-order chi connectivity index (χ0) is 33.2. The third kappa shape index (κ3) is 10.2. The van der Waals surface area contributed by atoms with Crippen LogP contribution in [0.5, 0.6) is 11.5 Å². The Morgan fingerprint density at radius 2 is 0.667 bits per heavy atom. The van der Waals surface area contributed by atoms with Crippen LogP contribution in [0.1, 0.15) is 60.1 Å². The second-order valence-electron chi connectivity index (χ2n) is 11.4. The number of benzene rings is 6. The molecule has 240 valence electrons. The Morgan fingerprint density at radius 1 is 0.375 bits per heavy atom. The summed E-state index contributed by atoms with van der Waals surface area (Å²) in [6.45, 7) is 5.74. The Morgan fingerprint density at radius 3 is 0.979 bits per heavy atom. The minimum Gasteiger partial charge on any atom is -0.494 e. The van der Waals surface area contributed by atoms with Gasteiger partial charge in [0, 0.05) is 0 Å². The summed E-state index contributed by atoms with van der Waals surface area (Å²) in [5, 5.41) is 0. The second-order valence-corrected chi connectivity index (χ2v) is 11.4. The Bertz CT molecular complexity index is 1680. The molecule has 0 bridgehead atoms. The highest BCUT2D eigenvalue weighted by Crippen LogP contribution is 2.29. The fourth-order valence-electron chi connectivity index (χ4n) is 5.24. The fourth-order valence-corrected chi connectivity index (χ4v) is 5.24. The van der Waals surface area contributed by atoms with Crippen molar-refractivity contribution in [3.8, 4) is 11.5 Å². The molecule has 0 saturated heterocycles. The lowest BCUT2D eigenvalue weighted by molar-refractivity contribution is 0.317. The van der Waals surface area contributed by atoms with Crippen LogP contribution < -0.4 is 9.47 Å². The molecule has 48 heavy (non-hydrogen) atoms. The van der Waals surface area contributed by atoms with Gasteiger partial charge in [-0.2, -0.15) is 0 Å². The molecule has 2 nitrogen and oxygen atoms in total. The van der Waals surface area contributed by atoms with E-state index in [1.165, 1.54) is 44.5 Å². The predicted molar refractivity (Wildman–Crippen MR) is 204 cm³/mol. The van der Waals surface area contributed by atoms with Gasteiger partial charge in [-0.25, -0.2) is 0 Å². The summed E-state index contributed by atoms with van der Waals surface area (Å²) >= 11 is 0. The quantitative estimate of drug-likeness (QED) is 0.126. The van der Waals surface area contributed by atoms with Crippen LogP contribution in [0.4, 0.5) is 0 Å². The lowest BCUT2D eigenvalue weighted by atomic mass is 9.95. The van der Waals surface area contributed by atoms with E-state index in [1.54, 1.807) is 0 Å². The molecular weight excluding hydrogens is 585 g/mol. The zero-order valence-corrected chi connectivity index (χ0v) is 28.0. The predicted octanol–water partition coefficient (Wildman–Crippen LogP) is 12.1. The lowest BCUT2D eigenvalue weighted by Crippen LogP contribution is -1.95. The Balaban J connectivity index is 0.000000188. The first-order valence-corrected chi connectivity index (χ1v) is 16.8. The van der Waals surface area contributed by atoms with Crippen LogP contribution in [0.2, 0.25) is 0 Å². The summed E-state index contributed by atoms with van der Waals surface area (Å²) in [5.74, 6) is 1.85. The Hall–Kier alpha value is -5.60. The summed E-state index contributed by atoms with van der Waals surface area (Å²) < 4.78 is 11.4. The third-order valence-corrected chi connectivity index (χ3v) is 7.67. The van der Waals surface area contributed by atoms with Crippen molar-refractivity contribution in [2.45, 2.75) is 26.7 Å². The number of ether oxygens (including phenoxy) is 2. The summed E-state index contributed by atoms with van der Waals surface area (Å²) in [6.07, 6.45) is 6.50. The van der Waals surface area contributed by atoms with Gasteiger partial charge >= 0.3 is 0 Å². The van der Waals surface area contributed by atoms with Crippen LogP contribution in [0.25, 0.3) is 23.3 Å². The minimum absolute atomic E-state index is 0.755. The standard InChI is InChI=1S/2C23H22O/c2*1-2-17-24-22-15-13-21(14-16-22)23(20-11-7-4-8-12-20)18-19-9-5-3-6-10-19/h2*3-16,18H,2,17H2,1H3/b23-18+;23-18-. The molecule has 0 unspecified atom stereocenters.